The number of nitriles is 1. The van der Waals surface area contributed by atoms with Crippen LogP contribution in [-0.2, 0) is 9.53 Å². The highest BCUT2D eigenvalue weighted by Crippen LogP contribution is 2.21. The summed E-state index contributed by atoms with van der Waals surface area (Å²) in [6.45, 7) is 6.19. The average Bonchev–Trinajstić information content (AvgIpc) is 2.45. The zero-order valence-electron chi connectivity index (χ0n) is 12.8. The van der Waals surface area contributed by atoms with Crippen LogP contribution in [0.4, 0.5) is 0 Å². The molecule has 4 nitrogen and oxygen atoms in total. The molecule has 0 aliphatic carbocycles. The number of esters is 1. The van der Waals surface area contributed by atoms with Gasteiger partial charge in [0.2, 0.25) is 0 Å². The highest BCUT2D eigenvalue weighted by atomic mass is 16.5. The van der Waals surface area contributed by atoms with Gasteiger partial charge in [-0.15, -0.1) is 0 Å². The Morgan fingerprint density at radius 2 is 2.10 bits per heavy atom. The number of unbranched alkanes of at least 4 members (excludes halogenated alkanes) is 1. The zero-order valence-corrected chi connectivity index (χ0v) is 12.8. The number of carbonyl (C=O) groups is 1. The predicted octanol–water partition coefficient (Wildman–Crippen LogP) is 3.72. The lowest BCUT2D eigenvalue weighted by Crippen LogP contribution is -2.12. The van der Waals surface area contributed by atoms with Crippen LogP contribution in [0.15, 0.2) is 29.8 Å². The minimum atomic E-state index is -0.615. The van der Waals surface area contributed by atoms with Gasteiger partial charge in [0.05, 0.1) is 12.7 Å². The van der Waals surface area contributed by atoms with Crippen LogP contribution >= 0.6 is 0 Å². The Kier molecular flexibility index (Phi) is 7.03. The maximum Gasteiger partial charge on any atom is 0.349 e. The Morgan fingerprint density at radius 3 is 2.71 bits per heavy atom. The third-order valence-corrected chi connectivity index (χ3v) is 2.66. The largest absolute Gasteiger partial charge is 0.493 e. The quantitative estimate of drug-likeness (QED) is 0.332. The molecule has 0 spiro atoms. The number of ether oxygens (including phenoxy) is 2. The van der Waals surface area contributed by atoms with E-state index in [1.54, 1.807) is 19.9 Å². The van der Waals surface area contributed by atoms with E-state index in [4.69, 9.17) is 14.7 Å². The van der Waals surface area contributed by atoms with Gasteiger partial charge in [-0.05, 0) is 32.4 Å². The van der Waals surface area contributed by atoms with E-state index in [9.17, 15) is 4.79 Å². The molecule has 0 aliphatic heterocycles. The number of hydrogen-bond donors (Lipinski definition) is 0. The van der Waals surface area contributed by atoms with Crippen molar-refractivity contribution < 1.29 is 14.3 Å². The maximum atomic E-state index is 11.8. The zero-order chi connectivity index (χ0) is 15.7. The molecule has 0 heterocycles. The van der Waals surface area contributed by atoms with Crippen LogP contribution < -0.4 is 4.74 Å². The smallest absolute Gasteiger partial charge is 0.349 e. The Morgan fingerprint density at radius 1 is 1.38 bits per heavy atom. The molecule has 0 bridgehead atoms. The summed E-state index contributed by atoms with van der Waals surface area (Å²) >= 11 is 0. The first-order valence-electron chi connectivity index (χ1n) is 7.13. The van der Waals surface area contributed by atoms with Gasteiger partial charge in [-0.3, -0.25) is 0 Å². The Labute approximate surface area is 126 Å². The monoisotopic (exact) mass is 287 g/mol. The molecule has 0 amide bonds. The summed E-state index contributed by atoms with van der Waals surface area (Å²) in [5.74, 6) is 0.0481. The Bertz CT molecular complexity index is 541. The lowest BCUT2D eigenvalue weighted by Gasteiger charge is -2.10. The standard InChI is InChI=1S/C17H21NO3/c1-4-5-10-20-16-9-7-6-8-14(16)11-15(12-18)17(19)21-13(2)3/h6-9,11,13H,4-5,10H2,1-3H3/b15-11+. The molecule has 0 saturated heterocycles. The van der Waals surface area contributed by atoms with Gasteiger partial charge in [0.25, 0.3) is 0 Å². The van der Waals surface area contributed by atoms with Gasteiger partial charge in [-0.2, -0.15) is 5.26 Å². The van der Waals surface area contributed by atoms with Gasteiger partial charge >= 0.3 is 5.97 Å². The summed E-state index contributed by atoms with van der Waals surface area (Å²) in [6, 6.07) is 9.20. The Hall–Kier alpha value is -2.28. The van der Waals surface area contributed by atoms with Gasteiger partial charge in [-0.25, -0.2) is 4.79 Å². The van der Waals surface area contributed by atoms with Crippen LogP contribution in [-0.4, -0.2) is 18.7 Å². The van der Waals surface area contributed by atoms with E-state index >= 15 is 0 Å². The van der Waals surface area contributed by atoms with Crippen molar-refractivity contribution in [1.82, 2.24) is 0 Å². The van der Waals surface area contributed by atoms with Crippen LogP contribution in [0.2, 0.25) is 0 Å². The fraction of sp³-hybridized carbons (Fsp3) is 0.412. The van der Waals surface area contributed by atoms with Crippen LogP contribution in [0.1, 0.15) is 39.2 Å². The fourth-order valence-electron chi connectivity index (χ4n) is 1.63. The summed E-state index contributed by atoms with van der Waals surface area (Å²) < 4.78 is 10.7. The first kappa shape index (κ1) is 16.8. The minimum absolute atomic E-state index is 0.0322. The number of hydrogen-bond acceptors (Lipinski definition) is 4. The second-order valence-corrected chi connectivity index (χ2v) is 4.86. The molecule has 112 valence electrons. The van der Waals surface area contributed by atoms with Crippen molar-refractivity contribution in [1.29, 1.82) is 5.26 Å². The molecule has 0 atom stereocenters. The van der Waals surface area contributed by atoms with E-state index in [0.717, 1.165) is 12.8 Å². The van der Waals surface area contributed by atoms with E-state index in [1.165, 1.54) is 6.08 Å². The van der Waals surface area contributed by atoms with E-state index in [0.29, 0.717) is 17.9 Å². The molecule has 0 fully saturated rings. The van der Waals surface area contributed by atoms with Crippen molar-refractivity contribution in [2.75, 3.05) is 6.61 Å². The minimum Gasteiger partial charge on any atom is -0.493 e. The van der Waals surface area contributed by atoms with E-state index in [1.807, 2.05) is 24.3 Å². The summed E-state index contributed by atoms with van der Waals surface area (Å²) in [7, 11) is 0. The molecule has 0 radical (unpaired) electrons. The Balaban J connectivity index is 2.95. The first-order valence-corrected chi connectivity index (χ1v) is 7.13. The molecule has 0 aromatic heterocycles. The van der Waals surface area contributed by atoms with Gasteiger partial charge in [-0.1, -0.05) is 31.5 Å². The molecule has 1 aromatic rings. The predicted molar refractivity (Wildman–Crippen MR) is 81.7 cm³/mol. The average molecular weight is 287 g/mol. The first-order chi connectivity index (χ1) is 10.1. The number of para-hydroxylation sites is 1. The van der Waals surface area contributed by atoms with E-state index in [-0.39, 0.29) is 11.7 Å². The van der Waals surface area contributed by atoms with Gasteiger partial charge in [0, 0.05) is 5.56 Å². The van der Waals surface area contributed by atoms with Gasteiger partial charge in [0.15, 0.2) is 0 Å². The highest BCUT2D eigenvalue weighted by molar-refractivity contribution is 5.98. The third-order valence-electron chi connectivity index (χ3n) is 2.66. The number of carbonyl (C=O) groups excluding carboxylic acids is 1. The highest BCUT2D eigenvalue weighted by Gasteiger charge is 2.13. The molecule has 21 heavy (non-hydrogen) atoms. The van der Waals surface area contributed by atoms with Crippen LogP contribution in [0.25, 0.3) is 6.08 Å². The number of rotatable bonds is 7. The maximum absolute atomic E-state index is 11.8. The van der Waals surface area contributed by atoms with Crippen LogP contribution in [0.3, 0.4) is 0 Å². The summed E-state index contributed by atoms with van der Waals surface area (Å²) in [5, 5.41) is 9.12. The van der Waals surface area contributed by atoms with E-state index < -0.39 is 5.97 Å². The molecular formula is C17H21NO3. The third kappa shape index (κ3) is 5.70. The SMILES string of the molecule is CCCCOc1ccccc1/C=C(\C#N)C(=O)OC(C)C. The number of nitrogens with zero attached hydrogens (tertiary/aromatic N) is 1. The second kappa shape index (κ2) is 8.80. The lowest BCUT2D eigenvalue weighted by atomic mass is 10.1. The molecule has 0 aliphatic rings. The normalized spacial score (nSPS) is 11.1. The van der Waals surface area contributed by atoms with Crippen molar-refractivity contribution in [2.24, 2.45) is 0 Å². The van der Waals surface area contributed by atoms with Crippen molar-refractivity contribution in [3.05, 3.63) is 35.4 Å². The van der Waals surface area contributed by atoms with Crippen LogP contribution in [0, 0.1) is 11.3 Å². The summed E-state index contributed by atoms with van der Waals surface area (Å²) in [4.78, 5) is 11.8. The molecule has 1 aromatic carbocycles. The summed E-state index contributed by atoms with van der Waals surface area (Å²) in [5.41, 5.74) is 0.668. The number of benzene rings is 1. The van der Waals surface area contributed by atoms with E-state index in [2.05, 4.69) is 6.92 Å². The molecular weight excluding hydrogens is 266 g/mol. The molecule has 0 saturated carbocycles. The van der Waals surface area contributed by atoms with Gasteiger partial charge in [0.1, 0.15) is 17.4 Å². The van der Waals surface area contributed by atoms with Crippen molar-refractivity contribution in [3.8, 4) is 11.8 Å². The molecule has 0 unspecified atom stereocenters. The second-order valence-electron chi connectivity index (χ2n) is 4.86. The molecule has 1 rings (SSSR count). The fourth-order valence-corrected chi connectivity index (χ4v) is 1.63. The summed E-state index contributed by atoms with van der Waals surface area (Å²) in [6.07, 6.45) is 3.25. The van der Waals surface area contributed by atoms with Gasteiger partial charge < -0.3 is 9.47 Å². The molecule has 0 N–H and O–H groups in total. The lowest BCUT2D eigenvalue weighted by molar-refractivity contribution is -0.142. The van der Waals surface area contributed by atoms with Crippen molar-refractivity contribution in [2.45, 2.75) is 39.7 Å². The molecule has 4 heteroatoms. The van der Waals surface area contributed by atoms with Crippen molar-refractivity contribution >= 4 is 12.0 Å². The topological polar surface area (TPSA) is 59.3 Å². The van der Waals surface area contributed by atoms with Crippen LogP contribution in [0.5, 0.6) is 5.75 Å². The van der Waals surface area contributed by atoms with Crippen molar-refractivity contribution in [3.63, 3.8) is 0 Å².